The van der Waals surface area contributed by atoms with E-state index in [1.54, 1.807) is 7.05 Å². The Kier molecular flexibility index (Phi) is 1.92. The number of rotatable bonds is 1. The fourth-order valence-electron chi connectivity index (χ4n) is 1.44. The van der Waals surface area contributed by atoms with Crippen LogP contribution in [-0.4, -0.2) is 13.7 Å². The monoisotopic (exact) mass is 187 g/mol. The number of hydrogen-bond acceptors (Lipinski definition) is 2. The molecule has 0 aromatic heterocycles. The van der Waals surface area contributed by atoms with Crippen molar-refractivity contribution in [2.75, 3.05) is 13.7 Å². The maximum atomic E-state index is 12.8. The second kappa shape index (κ2) is 2.96. The molecule has 0 bridgehead atoms. The first-order valence-corrected chi connectivity index (χ1v) is 4.01. The smallest absolute Gasteiger partial charge is 0.162 e. The van der Waals surface area contributed by atoms with Crippen LogP contribution in [0.25, 0.3) is 0 Å². The van der Waals surface area contributed by atoms with E-state index >= 15 is 0 Å². The maximum absolute atomic E-state index is 12.8. The summed E-state index contributed by atoms with van der Waals surface area (Å²) in [6, 6.07) is 2.23. The number of hydrogen-bond donors (Lipinski definition) is 1. The quantitative estimate of drug-likeness (QED) is 0.724. The lowest BCUT2D eigenvalue weighted by Crippen LogP contribution is -2.17. The molecule has 72 valence electrons. The van der Waals surface area contributed by atoms with Crippen molar-refractivity contribution in [1.29, 1.82) is 0 Å². The predicted octanol–water partition coefficient (Wildman–Crippen LogP) is 1.86. The number of nitrogens with one attached hydrogen (secondary N) is 1. The van der Waals surface area contributed by atoms with Gasteiger partial charge in [0.1, 0.15) is 12.4 Å². The molecule has 0 saturated carbocycles. The third-order valence-corrected chi connectivity index (χ3v) is 2.18. The van der Waals surface area contributed by atoms with Gasteiger partial charge in [0.2, 0.25) is 0 Å². The SMILES string of the molecule is CN[C@@H]1COc2cc(F)c(F)cc21.[HH]. The minimum absolute atomic E-state index is 0. The van der Waals surface area contributed by atoms with Gasteiger partial charge >= 0.3 is 0 Å². The summed E-state index contributed by atoms with van der Waals surface area (Å²) < 4.78 is 30.7. The first kappa shape index (κ1) is 8.44. The molecule has 2 nitrogen and oxygen atoms in total. The van der Waals surface area contributed by atoms with E-state index in [4.69, 9.17) is 4.74 Å². The van der Waals surface area contributed by atoms with Gasteiger partial charge in [-0.15, -0.1) is 0 Å². The van der Waals surface area contributed by atoms with Crippen LogP contribution in [0.15, 0.2) is 12.1 Å². The average molecular weight is 187 g/mol. The zero-order chi connectivity index (χ0) is 9.42. The maximum Gasteiger partial charge on any atom is 0.162 e. The normalized spacial score (nSPS) is 19.8. The molecule has 1 aromatic rings. The van der Waals surface area contributed by atoms with Crippen molar-refractivity contribution < 1.29 is 14.9 Å². The molecule has 1 atom stereocenters. The highest BCUT2D eigenvalue weighted by atomic mass is 19.2. The van der Waals surface area contributed by atoms with E-state index < -0.39 is 11.6 Å². The highest BCUT2D eigenvalue weighted by Crippen LogP contribution is 2.33. The Balaban J connectivity index is 0.000000980. The van der Waals surface area contributed by atoms with Crippen molar-refractivity contribution in [3.8, 4) is 5.75 Å². The van der Waals surface area contributed by atoms with Gasteiger partial charge in [0.25, 0.3) is 0 Å². The summed E-state index contributed by atoms with van der Waals surface area (Å²) >= 11 is 0. The van der Waals surface area contributed by atoms with Crippen LogP contribution in [0, 0.1) is 11.6 Å². The fraction of sp³-hybridized carbons (Fsp3) is 0.333. The van der Waals surface area contributed by atoms with Crippen LogP contribution in [0.5, 0.6) is 5.75 Å². The molecule has 1 N–H and O–H groups in total. The number of benzene rings is 1. The molecule has 1 aliphatic rings. The Morgan fingerprint density at radius 3 is 2.85 bits per heavy atom. The Bertz CT molecular complexity index is 346. The van der Waals surface area contributed by atoms with Crippen molar-refractivity contribution >= 4 is 0 Å². The van der Waals surface area contributed by atoms with Crippen molar-refractivity contribution in [2.24, 2.45) is 0 Å². The van der Waals surface area contributed by atoms with Gasteiger partial charge in [-0.25, -0.2) is 8.78 Å². The summed E-state index contributed by atoms with van der Waals surface area (Å²) in [5.74, 6) is -1.27. The predicted molar refractivity (Wildman–Crippen MR) is 45.8 cm³/mol. The molecule has 0 aliphatic carbocycles. The molecule has 2 rings (SSSR count). The lowest BCUT2D eigenvalue weighted by Gasteiger charge is -2.05. The zero-order valence-corrected chi connectivity index (χ0v) is 7.10. The molecule has 13 heavy (non-hydrogen) atoms. The summed E-state index contributed by atoms with van der Waals surface area (Å²) in [5.41, 5.74) is 0.682. The molecule has 0 spiro atoms. The van der Waals surface area contributed by atoms with Crippen molar-refractivity contribution in [3.05, 3.63) is 29.3 Å². The van der Waals surface area contributed by atoms with E-state index in [9.17, 15) is 8.78 Å². The molecule has 4 heteroatoms. The van der Waals surface area contributed by atoms with Crippen LogP contribution < -0.4 is 10.1 Å². The summed E-state index contributed by atoms with van der Waals surface area (Å²) in [4.78, 5) is 0. The zero-order valence-electron chi connectivity index (χ0n) is 7.10. The van der Waals surface area contributed by atoms with Gasteiger partial charge in [-0.2, -0.15) is 0 Å². The summed E-state index contributed by atoms with van der Waals surface area (Å²) in [7, 11) is 1.75. The van der Waals surface area contributed by atoms with E-state index in [1.165, 1.54) is 6.07 Å². The lowest BCUT2D eigenvalue weighted by molar-refractivity contribution is 0.317. The molecule has 0 radical (unpaired) electrons. The van der Waals surface area contributed by atoms with Gasteiger partial charge in [0.15, 0.2) is 11.6 Å². The number of halogens is 2. The molecule has 0 saturated heterocycles. The van der Waals surface area contributed by atoms with Crippen molar-refractivity contribution in [1.82, 2.24) is 5.32 Å². The van der Waals surface area contributed by atoms with Crippen LogP contribution in [-0.2, 0) is 0 Å². The average Bonchev–Trinajstić information content (AvgIpc) is 2.48. The Hall–Kier alpha value is -1.16. The molecule has 0 unspecified atom stereocenters. The van der Waals surface area contributed by atoms with E-state index in [0.717, 1.165) is 6.07 Å². The van der Waals surface area contributed by atoms with Crippen LogP contribution in [0.1, 0.15) is 13.0 Å². The molecule has 0 amide bonds. The highest BCUT2D eigenvalue weighted by molar-refractivity contribution is 5.40. The third kappa shape index (κ3) is 1.27. The van der Waals surface area contributed by atoms with Crippen LogP contribution in [0.2, 0.25) is 0 Å². The van der Waals surface area contributed by atoms with Crippen LogP contribution in [0.3, 0.4) is 0 Å². The molecule has 1 heterocycles. The number of ether oxygens (including phenoxy) is 1. The first-order valence-electron chi connectivity index (χ1n) is 4.01. The fourth-order valence-corrected chi connectivity index (χ4v) is 1.44. The molecule has 0 fully saturated rings. The molecular weight excluding hydrogens is 176 g/mol. The number of fused-ring (bicyclic) bond motifs is 1. The van der Waals surface area contributed by atoms with Crippen LogP contribution >= 0.6 is 0 Å². The van der Waals surface area contributed by atoms with E-state index in [2.05, 4.69) is 5.32 Å². The second-order valence-corrected chi connectivity index (χ2v) is 2.96. The molecule has 1 aliphatic heterocycles. The van der Waals surface area contributed by atoms with Gasteiger partial charge < -0.3 is 10.1 Å². The first-order chi connectivity index (χ1) is 6.22. The Morgan fingerprint density at radius 1 is 1.46 bits per heavy atom. The number of likely N-dealkylation sites (N-methyl/N-ethyl adjacent to an activating group) is 1. The van der Waals surface area contributed by atoms with Crippen molar-refractivity contribution in [3.63, 3.8) is 0 Å². The second-order valence-electron chi connectivity index (χ2n) is 2.96. The molecule has 1 aromatic carbocycles. The van der Waals surface area contributed by atoms with Gasteiger partial charge in [0.05, 0.1) is 6.04 Å². The summed E-state index contributed by atoms with van der Waals surface area (Å²) in [6.07, 6.45) is 0. The highest BCUT2D eigenvalue weighted by Gasteiger charge is 2.24. The van der Waals surface area contributed by atoms with Crippen molar-refractivity contribution in [2.45, 2.75) is 6.04 Å². The van der Waals surface area contributed by atoms with E-state index in [0.29, 0.717) is 17.9 Å². The Morgan fingerprint density at radius 2 is 2.15 bits per heavy atom. The van der Waals surface area contributed by atoms with Gasteiger partial charge in [-0.05, 0) is 13.1 Å². The lowest BCUT2D eigenvalue weighted by atomic mass is 10.1. The summed E-state index contributed by atoms with van der Waals surface area (Å²) in [5, 5.41) is 2.95. The Labute approximate surface area is 76.0 Å². The van der Waals surface area contributed by atoms with E-state index in [1.807, 2.05) is 0 Å². The van der Waals surface area contributed by atoms with Gasteiger partial charge in [-0.3, -0.25) is 0 Å². The molecular formula is C9H11F2NO. The summed E-state index contributed by atoms with van der Waals surface area (Å²) in [6.45, 7) is 0.425. The third-order valence-electron chi connectivity index (χ3n) is 2.18. The van der Waals surface area contributed by atoms with E-state index in [-0.39, 0.29) is 7.47 Å². The largest absolute Gasteiger partial charge is 0.491 e. The minimum atomic E-state index is -0.865. The van der Waals surface area contributed by atoms with Crippen LogP contribution in [0.4, 0.5) is 8.78 Å². The topological polar surface area (TPSA) is 21.3 Å². The minimum Gasteiger partial charge on any atom is -0.491 e. The van der Waals surface area contributed by atoms with Gasteiger partial charge in [0, 0.05) is 13.1 Å². The standard InChI is InChI=1S/C9H9F2NO.H2/c1-12-8-4-13-9-3-7(11)6(10)2-5(8)9;/h2-3,8,12H,4H2,1H3;1H/t8-;/m1./s1. The van der Waals surface area contributed by atoms with Gasteiger partial charge in [-0.1, -0.05) is 0 Å².